The largest absolute Gasteiger partial charge is 0.481 e. The fraction of sp³-hybridized carbons (Fsp3) is 0.231. The van der Waals surface area contributed by atoms with Crippen molar-refractivity contribution in [1.29, 1.82) is 0 Å². The molecular formula is C13H12Cl2N2O2. The molecule has 0 aliphatic rings. The molecule has 1 aromatic heterocycles. The second kappa shape index (κ2) is 5.63. The van der Waals surface area contributed by atoms with Gasteiger partial charge in [0.1, 0.15) is 0 Å². The fourth-order valence-corrected chi connectivity index (χ4v) is 2.15. The number of hydrogen-bond donors (Lipinski definition) is 1. The zero-order valence-corrected chi connectivity index (χ0v) is 11.7. The van der Waals surface area contributed by atoms with Crippen LogP contribution in [0.3, 0.4) is 0 Å². The van der Waals surface area contributed by atoms with Crippen molar-refractivity contribution >= 4 is 29.2 Å². The summed E-state index contributed by atoms with van der Waals surface area (Å²) in [5.41, 5.74) is 2.45. The molecule has 0 amide bonds. The van der Waals surface area contributed by atoms with Gasteiger partial charge in [-0.05, 0) is 24.1 Å². The molecule has 1 heterocycles. The van der Waals surface area contributed by atoms with Crippen molar-refractivity contribution in [1.82, 2.24) is 9.78 Å². The number of aliphatic carboxylic acids is 1. The highest BCUT2D eigenvalue weighted by atomic mass is 35.5. The highest BCUT2D eigenvalue weighted by Crippen LogP contribution is 2.29. The van der Waals surface area contributed by atoms with Crippen LogP contribution in [-0.4, -0.2) is 20.9 Å². The van der Waals surface area contributed by atoms with Crippen molar-refractivity contribution in [3.8, 4) is 11.3 Å². The van der Waals surface area contributed by atoms with Crippen molar-refractivity contribution in [2.45, 2.75) is 12.8 Å². The molecule has 0 unspecified atom stereocenters. The Balaban J connectivity index is 2.37. The van der Waals surface area contributed by atoms with Gasteiger partial charge in [0.2, 0.25) is 0 Å². The van der Waals surface area contributed by atoms with Crippen molar-refractivity contribution in [2.24, 2.45) is 7.05 Å². The molecule has 4 nitrogen and oxygen atoms in total. The van der Waals surface area contributed by atoms with Gasteiger partial charge in [0.15, 0.2) is 0 Å². The molecule has 0 bridgehead atoms. The Labute approximate surface area is 120 Å². The minimum absolute atomic E-state index is 0.0695. The second-order valence-corrected chi connectivity index (χ2v) is 5.01. The number of nitrogens with zero attached hydrogens (tertiary/aromatic N) is 2. The highest BCUT2D eigenvalue weighted by molar-refractivity contribution is 6.42. The Kier molecular flexibility index (Phi) is 4.12. The number of carboxylic acids is 1. The molecule has 0 aliphatic carbocycles. The fourth-order valence-electron chi connectivity index (χ4n) is 1.85. The standard InChI is InChI=1S/C13H12Cl2N2O2/c1-17-7-9(3-5-12(18)19)13(16-17)8-2-4-10(14)11(15)6-8/h2,4,6-7H,3,5H2,1H3,(H,18,19). The van der Waals surface area contributed by atoms with E-state index in [-0.39, 0.29) is 6.42 Å². The summed E-state index contributed by atoms with van der Waals surface area (Å²) in [5.74, 6) is -0.830. The van der Waals surface area contributed by atoms with Crippen LogP contribution in [0.2, 0.25) is 10.0 Å². The second-order valence-electron chi connectivity index (χ2n) is 4.20. The van der Waals surface area contributed by atoms with Crippen LogP contribution in [0.5, 0.6) is 0 Å². The van der Waals surface area contributed by atoms with E-state index in [0.29, 0.717) is 16.5 Å². The van der Waals surface area contributed by atoms with Gasteiger partial charge < -0.3 is 5.11 Å². The van der Waals surface area contributed by atoms with E-state index in [9.17, 15) is 4.79 Å². The molecular weight excluding hydrogens is 287 g/mol. The SMILES string of the molecule is Cn1cc(CCC(=O)O)c(-c2ccc(Cl)c(Cl)c2)n1. The number of benzene rings is 1. The number of aromatic nitrogens is 2. The maximum Gasteiger partial charge on any atom is 0.303 e. The van der Waals surface area contributed by atoms with Crippen LogP contribution < -0.4 is 0 Å². The van der Waals surface area contributed by atoms with Crippen LogP contribution in [-0.2, 0) is 18.3 Å². The first kappa shape index (κ1) is 13.9. The van der Waals surface area contributed by atoms with Crippen LogP contribution in [0.25, 0.3) is 11.3 Å². The Hall–Kier alpha value is -1.52. The first-order chi connectivity index (χ1) is 8.97. The lowest BCUT2D eigenvalue weighted by Crippen LogP contribution is -1.97. The van der Waals surface area contributed by atoms with Gasteiger partial charge in [-0.25, -0.2) is 0 Å². The average molecular weight is 299 g/mol. The summed E-state index contributed by atoms with van der Waals surface area (Å²) >= 11 is 11.9. The molecule has 2 aromatic rings. The topological polar surface area (TPSA) is 55.1 Å². The normalized spacial score (nSPS) is 10.7. The summed E-state index contributed by atoms with van der Waals surface area (Å²) in [7, 11) is 1.80. The third-order valence-corrected chi connectivity index (χ3v) is 3.44. The molecule has 6 heteroatoms. The van der Waals surface area contributed by atoms with Crippen molar-refractivity contribution in [3.63, 3.8) is 0 Å². The average Bonchev–Trinajstić information content (AvgIpc) is 2.71. The number of hydrogen-bond acceptors (Lipinski definition) is 2. The number of halogens is 2. The molecule has 100 valence electrons. The Morgan fingerprint density at radius 3 is 2.74 bits per heavy atom. The summed E-state index contributed by atoms with van der Waals surface area (Å²) in [4.78, 5) is 10.7. The lowest BCUT2D eigenvalue weighted by Gasteiger charge is -2.03. The number of carboxylic acid groups (broad SMARTS) is 1. The van der Waals surface area contributed by atoms with Crippen LogP contribution in [0, 0.1) is 0 Å². The quantitative estimate of drug-likeness (QED) is 0.941. The summed E-state index contributed by atoms with van der Waals surface area (Å²) in [6, 6.07) is 5.26. The Morgan fingerprint density at radius 2 is 2.11 bits per heavy atom. The molecule has 2 rings (SSSR count). The maximum atomic E-state index is 10.7. The summed E-state index contributed by atoms with van der Waals surface area (Å²) in [5, 5.41) is 14.0. The van der Waals surface area contributed by atoms with Gasteiger partial charge >= 0.3 is 5.97 Å². The van der Waals surface area contributed by atoms with E-state index in [4.69, 9.17) is 28.3 Å². The van der Waals surface area contributed by atoms with E-state index in [1.165, 1.54) is 0 Å². The first-order valence-electron chi connectivity index (χ1n) is 5.67. The summed E-state index contributed by atoms with van der Waals surface area (Å²) in [6.07, 6.45) is 2.32. The summed E-state index contributed by atoms with van der Waals surface area (Å²) in [6.45, 7) is 0. The molecule has 1 N–H and O–H groups in total. The molecule has 0 aliphatic heterocycles. The van der Waals surface area contributed by atoms with Crippen LogP contribution in [0.4, 0.5) is 0 Å². The lowest BCUT2D eigenvalue weighted by atomic mass is 10.0. The van der Waals surface area contributed by atoms with E-state index in [2.05, 4.69) is 5.10 Å². The number of carbonyl (C=O) groups is 1. The first-order valence-corrected chi connectivity index (χ1v) is 6.42. The van der Waals surface area contributed by atoms with E-state index in [0.717, 1.165) is 16.8 Å². The molecule has 0 saturated carbocycles. The van der Waals surface area contributed by atoms with Gasteiger partial charge in [-0.15, -0.1) is 0 Å². The van der Waals surface area contributed by atoms with E-state index in [1.807, 2.05) is 12.3 Å². The molecule has 19 heavy (non-hydrogen) atoms. The van der Waals surface area contributed by atoms with Gasteiger partial charge in [0.25, 0.3) is 0 Å². The Bertz CT molecular complexity index is 623. The number of aryl methyl sites for hydroxylation is 2. The van der Waals surface area contributed by atoms with Gasteiger partial charge in [0, 0.05) is 25.2 Å². The van der Waals surface area contributed by atoms with Crippen molar-refractivity contribution in [3.05, 3.63) is 40.0 Å². The zero-order chi connectivity index (χ0) is 14.0. The molecule has 0 saturated heterocycles. The van der Waals surface area contributed by atoms with Crippen LogP contribution in [0.15, 0.2) is 24.4 Å². The molecule has 0 radical (unpaired) electrons. The van der Waals surface area contributed by atoms with Gasteiger partial charge in [0.05, 0.1) is 15.7 Å². The van der Waals surface area contributed by atoms with Crippen LogP contribution in [0.1, 0.15) is 12.0 Å². The number of rotatable bonds is 4. The van der Waals surface area contributed by atoms with Crippen molar-refractivity contribution < 1.29 is 9.90 Å². The molecule has 0 spiro atoms. The van der Waals surface area contributed by atoms with Crippen LogP contribution >= 0.6 is 23.2 Å². The van der Waals surface area contributed by atoms with Crippen molar-refractivity contribution in [2.75, 3.05) is 0 Å². The van der Waals surface area contributed by atoms with E-state index < -0.39 is 5.97 Å². The Morgan fingerprint density at radius 1 is 1.37 bits per heavy atom. The minimum atomic E-state index is -0.830. The molecule has 0 atom stereocenters. The summed E-state index contributed by atoms with van der Waals surface area (Å²) < 4.78 is 1.66. The van der Waals surface area contributed by atoms with Gasteiger partial charge in [-0.1, -0.05) is 29.3 Å². The van der Waals surface area contributed by atoms with Gasteiger partial charge in [-0.3, -0.25) is 9.48 Å². The highest BCUT2D eigenvalue weighted by Gasteiger charge is 2.12. The minimum Gasteiger partial charge on any atom is -0.481 e. The van der Waals surface area contributed by atoms with E-state index >= 15 is 0 Å². The predicted molar refractivity (Wildman–Crippen MR) is 74.6 cm³/mol. The molecule has 1 aromatic carbocycles. The third-order valence-electron chi connectivity index (χ3n) is 2.71. The van der Waals surface area contributed by atoms with Gasteiger partial charge in [-0.2, -0.15) is 5.10 Å². The monoisotopic (exact) mass is 298 g/mol. The lowest BCUT2D eigenvalue weighted by molar-refractivity contribution is -0.136. The smallest absolute Gasteiger partial charge is 0.303 e. The zero-order valence-electron chi connectivity index (χ0n) is 10.2. The molecule has 0 fully saturated rings. The maximum absolute atomic E-state index is 10.7. The third kappa shape index (κ3) is 3.28. The van der Waals surface area contributed by atoms with E-state index in [1.54, 1.807) is 23.9 Å². The predicted octanol–water partition coefficient (Wildman–Crippen LogP) is 3.41.